The number of hydrogen-bond acceptors (Lipinski definition) is 3. The minimum absolute atomic E-state index is 0.288. The van der Waals surface area contributed by atoms with E-state index in [4.69, 9.17) is 5.11 Å². The monoisotopic (exact) mass is 202 g/mol. The molecule has 3 heteroatoms. The molecule has 1 rings (SSSR count). The van der Waals surface area contributed by atoms with E-state index in [2.05, 4.69) is 19.1 Å². The Bertz CT molecular complexity index is 220. The highest BCUT2D eigenvalue weighted by Crippen LogP contribution is 2.21. The van der Waals surface area contributed by atoms with Gasteiger partial charge in [-0.25, -0.2) is 0 Å². The van der Waals surface area contributed by atoms with Gasteiger partial charge in [-0.05, 0) is 18.6 Å². The van der Waals surface area contributed by atoms with Crippen LogP contribution in [0.1, 0.15) is 16.7 Å². The molecule has 0 atom stereocenters. The van der Waals surface area contributed by atoms with Crippen LogP contribution in [0, 0.1) is 0 Å². The zero-order valence-electron chi connectivity index (χ0n) is 7.25. The fourth-order valence-corrected chi connectivity index (χ4v) is 2.74. The summed E-state index contributed by atoms with van der Waals surface area (Å²) in [6.45, 7) is 2.47. The van der Waals surface area contributed by atoms with Crippen molar-refractivity contribution >= 4 is 23.1 Å². The Morgan fingerprint density at radius 3 is 2.75 bits per heavy atom. The maximum Gasteiger partial charge on any atom is 0.0521 e. The zero-order chi connectivity index (χ0) is 8.81. The molecule has 1 aromatic rings. The lowest BCUT2D eigenvalue weighted by molar-refractivity contribution is 0.322. The van der Waals surface area contributed by atoms with E-state index in [-0.39, 0.29) is 6.61 Å². The van der Waals surface area contributed by atoms with Gasteiger partial charge in [-0.15, -0.1) is 11.3 Å². The second kappa shape index (κ2) is 5.62. The molecule has 0 aliphatic carbocycles. The summed E-state index contributed by atoms with van der Waals surface area (Å²) < 4.78 is 0. The van der Waals surface area contributed by atoms with E-state index in [1.165, 1.54) is 9.75 Å². The van der Waals surface area contributed by atoms with Gasteiger partial charge in [0.1, 0.15) is 0 Å². The van der Waals surface area contributed by atoms with Crippen molar-refractivity contribution in [2.45, 2.75) is 19.1 Å². The Kier molecular flexibility index (Phi) is 4.73. The van der Waals surface area contributed by atoms with Crippen LogP contribution in [0.25, 0.3) is 0 Å². The minimum atomic E-state index is 0.288. The Morgan fingerprint density at radius 1 is 1.42 bits per heavy atom. The van der Waals surface area contributed by atoms with E-state index in [9.17, 15) is 0 Å². The van der Waals surface area contributed by atoms with E-state index in [0.717, 1.165) is 17.9 Å². The van der Waals surface area contributed by atoms with Crippen LogP contribution in [0.15, 0.2) is 12.1 Å². The van der Waals surface area contributed by atoms with Gasteiger partial charge in [0.15, 0.2) is 0 Å². The maximum atomic E-state index is 8.58. The van der Waals surface area contributed by atoms with Gasteiger partial charge in [0.2, 0.25) is 0 Å². The Hall–Kier alpha value is 0.01000. The van der Waals surface area contributed by atoms with Gasteiger partial charge in [-0.2, -0.15) is 11.8 Å². The molecule has 68 valence electrons. The molecule has 1 nitrogen and oxygen atoms in total. The Morgan fingerprint density at radius 2 is 2.17 bits per heavy atom. The largest absolute Gasteiger partial charge is 0.396 e. The van der Waals surface area contributed by atoms with Crippen molar-refractivity contribution in [3.05, 3.63) is 21.9 Å². The summed E-state index contributed by atoms with van der Waals surface area (Å²) >= 11 is 3.67. The number of thiophene rings is 1. The average Bonchev–Trinajstić information content (AvgIpc) is 2.53. The first kappa shape index (κ1) is 10.1. The summed E-state index contributed by atoms with van der Waals surface area (Å²) in [5.41, 5.74) is 0. The molecule has 0 aliphatic heterocycles. The molecule has 0 fully saturated rings. The van der Waals surface area contributed by atoms with Gasteiger partial charge >= 0.3 is 0 Å². The highest BCUT2D eigenvalue weighted by Gasteiger charge is 1.97. The summed E-state index contributed by atoms with van der Waals surface area (Å²) in [6.07, 6.45) is 1.13. The van der Waals surface area contributed by atoms with Crippen molar-refractivity contribution < 1.29 is 5.11 Å². The van der Waals surface area contributed by atoms with Crippen LogP contribution in [0.5, 0.6) is 0 Å². The predicted molar refractivity (Wildman–Crippen MR) is 56.9 cm³/mol. The molecule has 0 unspecified atom stereocenters. The maximum absolute atomic E-state index is 8.58. The number of aliphatic hydroxyl groups is 1. The molecule has 0 bridgehead atoms. The number of aliphatic hydroxyl groups excluding tert-OH is 1. The fourth-order valence-electron chi connectivity index (χ4n) is 0.927. The first-order chi connectivity index (χ1) is 5.86. The molecule has 0 aliphatic rings. The summed E-state index contributed by atoms with van der Waals surface area (Å²) in [5, 5.41) is 8.58. The van der Waals surface area contributed by atoms with E-state index in [1.807, 2.05) is 11.3 Å². The predicted octanol–water partition coefficient (Wildman–Crippen LogP) is 2.54. The third-order valence-corrected chi connectivity index (χ3v) is 3.94. The highest BCUT2D eigenvalue weighted by atomic mass is 32.2. The van der Waals surface area contributed by atoms with Crippen LogP contribution in [-0.2, 0) is 12.2 Å². The molecule has 0 amide bonds. The topological polar surface area (TPSA) is 20.2 Å². The summed E-state index contributed by atoms with van der Waals surface area (Å²) in [7, 11) is 0. The molecule has 0 saturated heterocycles. The van der Waals surface area contributed by atoms with Gasteiger partial charge in [-0.1, -0.05) is 6.92 Å². The van der Waals surface area contributed by atoms with Gasteiger partial charge in [0.25, 0.3) is 0 Å². The van der Waals surface area contributed by atoms with Crippen LogP contribution in [0.4, 0.5) is 0 Å². The van der Waals surface area contributed by atoms with Crippen molar-refractivity contribution in [2.24, 2.45) is 0 Å². The SMILES string of the molecule is CCc1ccc(CSCCO)s1. The Labute approximate surface area is 81.8 Å². The van der Waals surface area contributed by atoms with Crippen LogP contribution in [0.3, 0.4) is 0 Å². The molecule has 0 spiro atoms. The first-order valence-corrected chi connectivity index (χ1v) is 6.10. The minimum Gasteiger partial charge on any atom is -0.396 e. The highest BCUT2D eigenvalue weighted by molar-refractivity contribution is 7.98. The van der Waals surface area contributed by atoms with Crippen molar-refractivity contribution in [3.8, 4) is 0 Å². The van der Waals surface area contributed by atoms with Crippen LogP contribution in [-0.4, -0.2) is 17.5 Å². The molecule has 0 saturated carbocycles. The average molecular weight is 202 g/mol. The Balaban J connectivity index is 2.31. The van der Waals surface area contributed by atoms with Crippen LogP contribution in [0.2, 0.25) is 0 Å². The normalized spacial score (nSPS) is 10.5. The summed E-state index contributed by atoms with van der Waals surface area (Å²) in [4.78, 5) is 2.87. The van der Waals surface area contributed by atoms with Gasteiger partial charge < -0.3 is 5.11 Å². The smallest absolute Gasteiger partial charge is 0.0521 e. The van der Waals surface area contributed by atoms with E-state index in [1.54, 1.807) is 11.8 Å². The lowest BCUT2D eigenvalue weighted by Gasteiger charge is -1.94. The molecule has 1 heterocycles. The lowest BCUT2D eigenvalue weighted by Crippen LogP contribution is -1.85. The molecular formula is C9H14OS2. The van der Waals surface area contributed by atoms with Gasteiger partial charge in [0.05, 0.1) is 6.61 Å². The lowest BCUT2D eigenvalue weighted by atomic mass is 10.4. The fraction of sp³-hybridized carbons (Fsp3) is 0.556. The van der Waals surface area contributed by atoms with E-state index < -0.39 is 0 Å². The molecule has 1 N–H and O–H groups in total. The number of thioether (sulfide) groups is 1. The second-order valence-electron chi connectivity index (χ2n) is 2.50. The molecule has 1 aromatic heterocycles. The zero-order valence-corrected chi connectivity index (χ0v) is 8.88. The van der Waals surface area contributed by atoms with E-state index in [0.29, 0.717) is 0 Å². The molecular weight excluding hydrogens is 188 g/mol. The summed E-state index contributed by atoms with van der Waals surface area (Å²) in [5.74, 6) is 1.89. The standard InChI is InChI=1S/C9H14OS2/c1-2-8-3-4-9(12-8)7-11-6-5-10/h3-4,10H,2,5-7H2,1H3. The molecule has 0 aromatic carbocycles. The van der Waals surface area contributed by atoms with Crippen molar-refractivity contribution in [3.63, 3.8) is 0 Å². The van der Waals surface area contributed by atoms with E-state index >= 15 is 0 Å². The number of rotatable bonds is 5. The molecule has 0 radical (unpaired) electrons. The van der Waals surface area contributed by atoms with Gasteiger partial charge in [-0.3, -0.25) is 0 Å². The summed E-state index contributed by atoms with van der Waals surface area (Å²) in [6, 6.07) is 4.38. The first-order valence-electron chi connectivity index (χ1n) is 4.13. The third kappa shape index (κ3) is 3.17. The number of aryl methyl sites for hydroxylation is 1. The van der Waals surface area contributed by atoms with Gasteiger partial charge in [0, 0.05) is 21.3 Å². The van der Waals surface area contributed by atoms with Crippen molar-refractivity contribution in [1.29, 1.82) is 0 Å². The van der Waals surface area contributed by atoms with Crippen LogP contribution >= 0.6 is 23.1 Å². The number of hydrogen-bond donors (Lipinski definition) is 1. The van der Waals surface area contributed by atoms with Crippen molar-refractivity contribution in [2.75, 3.05) is 12.4 Å². The quantitative estimate of drug-likeness (QED) is 0.740. The third-order valence-electron chi connectivity index (χ3n) is 1.55. The molecule has 12 heavy (non-hydrogen) atoms. The van der Waals surface area contributed by atoms with Crippen molar-refractivity contribution in [1.82, 2.24) is 0 Å². The van der Waals surface area contributed by atoms with Crippen LogP contribution < -0.4 is 0 Å². The second-order valence-corrected chi connectivity index (χ2v) is 4.86.